The number of halogens is 1. The smallest absolute Gasteiger partial charge is 0.127 e. The summed E-state index contributed by atoms with van der Waals surface area (Å²) < 4.78 is 11.7. The number of likely N-dealkylation sites (N-methyl/N-ethyl adjacent to an activating group) is 1. The van der Waals surface area contributed by atoms with Crippen molar-refractivity contribution in [1.29, 1.82) is 0 Å². The molecule has 1 aliphatic rings. The van der Waals surface area contributed by atoms with Crippen molar-refractivity contribution >= 4 is 11.6 Å². The molecule has 0 saturated carbocycles. The average Bonchev–Trinajstić information content (AvgIpc) is 2.55. The van der Waals surface area contributed by atoms with E-state index in [-0.39, 0.29) is 0 Å². The molecule has 0 unspecified atom stereocenters. The van der Waals surface area contributed by atoms with E-state index >= 15 is 0 Å². The molecule has 0 atom stereocenters. The third-order valence-corrected chi connectivity index (χ3v) is 5.22. The highest BCUT2D eigenvalue weighted by Gasteiger charge is 2.19. The lowest BCUT2D eigenvalue weighted by Crippen LogP contribution is -3.27. The number of aryl methyl sites for hydroxylation is 1. The highest BCUT2D eigenvalue weighted by atomic mass is 35.5. The van der Waals surface area contributed by atoms with Gasteiger partial charge in [0.25, 0.3) is 0 Å². The molecule has 1 saturated heterocycles. The Morgan fingerprint density at radius 2 is 1.79 bits per heavy atom. The second-order valence-electron chi connectivity index (χ2n) is 7.21. The molecule has 24 heavy (non-hydrogen) atoms. The van der Waals surface area contributed by atoms with Gasteiger partial charge in [-0.1, -0.05) is 25.4 Å². The first-order chi connectivity index (χ1) is 11.5. The van der Waals surface area contributed by atoms with Crippen LogP contribution in [0.25, 0.3) is 0 Å². The van der Waals surface area contributed by atoms with E-state index in [4.69, 9.17) is 21.1 Å². The fraction of sp³-hybridized carbons (Fsp3) is 0.684. The standard InChI is InChI=1S/C19H31ClN2O2/c1-15(2)17-14-18(20)16(3)13-19(17)24-12-11-23-10-9-22-7-5-21(4)6-8-22/h13-15H,5-12H2,1-4H3/p+2. The highest BCUT2D eigenvalue weighted by molar-refractivity contribution is 6.31. The van der Waals surface area contributed by atoms with Crippen molar-refractivity contribution in [3.8, 4) is 5.75 Å². The van der Waals surface area contributed by atoms with Gasteiger partial charge in [-0.25, -0.2) is 0 Å². The average molecular weight is 357 g/mol. The summed E-state index contributed by atoms with van der Waals surface area (Å²) in [5.74, 6) is 1.32. The van der Waals surface area contributed by atoms with E-state index in [1.807, 2.05) is 19.1 Å². The summed E-state index contributed by atoms with van der Waals surface area (Å²) in [5.41, 5.74) is 2.22. The van der Waals surface area contributed by atoms with Gasteiger partial charge in [-0.05, 0) is 36.1 Å². The van der Waals surface area contributed by atoms with Crippen molar-refractivity contribution in [2.45, 2.75) is 26.7 Å². The van der Waals surface area contributed by atoms with Crippen LogP contribution < -0.4 is 14.5 Å². The summed E-state index contributed by atoms with van der Waals surface area (Å²) in [6.07, 6.45) is 0. The van der Waals surface area contributed by atoms with Crippen molar-refractivity contribution in [3.05, 3.63) is 28.3 Å². The zero-order valence-electron chi connectivity index (χ0n) is 15.6. The number of nitrogens with one attached hydrogen (secondary N) is 2. The summed E-state index contributed by atoms with van der Waals surface area (Å²) in [6.45, 7) is 14.5. The SMILES string of the molecule is Cc1cc(OCCOCC[NH+]2CC[NH+](C)CC2)c(C(C)C)cc1Cl. The summed E-state index contributed by atoms with van der Waals surface area (Å²) in [6, 6.07) is 4.06. The fourth-order valence-electron chi connectivity index (χ4n) is 3.06. The van der Waals surface area contributed by atoms with Gasteiger partial charge in [-0.3, -0.25) is 0 Å². The third kappa shape index (κ3) is 5.92. The molecule has 5 heteroatoms. The molecular weight excluding hydrogens is 324 g/mol. The molecule has 2 N–H and O–H groups in total. The van der Waals surface area contributed by atoms with E-state index in [2.05, 4.69) is 20.9 Å². The Hall–Kier alpha value is -0.810. The third-order valence-electron chi connectivity index (χ3n) is 4.81. The first-order valence-electron chi connectivity index (χ1n) is 9.12. The molecule has 0 radical (unpaired) electrons. The predicted octanol–water partition coefficient (Wildman–Crippen LogP) is 0.580. The molecule has 0 aliphatic carbocycles. The minimum absolute atomic E-state index is 0.391. The molecule has 1 aromatic rings. The van der Waals surface area contributed by atoms with E-state index < -0.39 is 0 Å². The zero-order valence-corrected chi connectivity index (χ0v) is 16.3. The van der Waals surface area contributed by atoms with Gasteiger partial charge in [0.05, 0.1) is 20.3 Å². The van der Waals surface area contributed by atoms with Gasteiger partial charge >= 0.3 is 0 Å². The van der Waals surface area contributed by atoms with Gasteiger partial charge in [-0.15, -0.1) is 0 Å². The maximum Gasteiger partial charge on any atom is 0.127 e. The zero-order chi connectivity index (χ0) is 17.5. The van der Waals surface area contributed by atoms with Crippen LogP contribution in [0.3, 0.4) is 0 Å². The topological polar surface area (TPSA) is 27.3 Å². The van der Waals surface area contributed by atoms with Crippen LogP contribution in [-0.4, -0.2) is 59.6 Å². The highest BCUT2D eigenvalue weighted by Crippen LogP contribution is 2.31. The van der Waals surface area contributed by atoms with Crippen LogP contribution in [0.4, 0.5) is 0 Å². The lowest BCUT2D eigenvalue weighted by atomic mass is 10.0. The second-order valence-corrected chi connectivity index (χ2v) is 7.62. The molecule has 1 fully saturated rings. The first kappa shape index (κ1) is 19.5. The van der Waals surface area contributed by atoms with Crippen molar-refractivity contribution in [2.75, 3.05) is 59.6 Å². The molecule has 1 heterocycles. The molecule has 0 spiro atoms. The van der Waals surface area contributed by atoms with E-state index in [9.17, 15) is 0 Å². The quantitative estimate of drug-likeness (QED) is 0.667. The number of benzene rings is 1. The number of hydrogen-bond donors (Lipinski definition) is 2. The molecule has 0 aromatic heterocycles. The Kier molecular flexibility index (Phi) is 7.82. The maximum atomic E-state index is 6.23. The summed E-state index contributed by atoms with van der Waals surface area (Å²) in [5, 5.41) is 0.805. The Labute approximate surface area is 151 Å². The van der Waals surface area contributed by atoms with Crippen molar-refractivity contribution in [3.63, 3.8) is 0 Å². The summed E-state index contributed by atoms with van der Waals surface area (Å²) in [7, 11) is 2.27. The van der Waals surface area contributed by atoms with Crippen LogP contribution in [0.2, 0.25) is 5.02 Å². The molecule has 2 rings (SSSR count). The lowest BCUT2D eigenvalue weighted by Gasteiger charge is -2.27. The van der Waals surface area contributed by atoms with Crippen LogP contribution >= 0.6 is 11.6 Å². The Morgan fingerprint density at radius 1 is 1.08 bits per heavy atom. The number of ether oxygens (including phenoxy) is 2. The van der Waals surface area contributed by atoms with Gasteiger partial charge in [0, 0.05) is 5.02 Å². The Bertz CT molecular complexity index is 514. The van der Waals surface area contributed by atoms with Crippen LogP contribution in [0.5, 0.6) is 5.75 Å². The Morgan fingerprint density at radius 3 is 2.46 bits per heavy atom. The molecule has 1 aromatic carbocycles. The van der Waals surface area contributed by atoms with Gasteiger partial charge in [0.15, 0.2) is 0 Å². The minimum atomic E-state index is 0.391. The fourth-order valence-corrected chi connectivity index (χ4v) is 3.23. The van der Waals surface area contributed by atoms with E-state index in [1.54, 1.807) is 9.80 Å². The van der Waals surface area contributed by atoms with E-state index in [0.717, 1.165) is 35.1 Å². The van der Waals surface area contributed by atoms with Gasteiger partial charge < -0.3 is 19.3 Å². The second kappa shape index (κ2) is 9.62. The summed E-state index contributed by atoms with van der Waals surface area (Å²) in [4.78, 5) is 3.31. The maximum absolute atomic E-state index is 6.23. The van der Waals surface area contributed by atoms with Crippen LogP contribution in [0.15, 0.2) is 12.1 Å². The molecular formula is C19H33ClN2O2+2. The van der Waals surface area contributed by atoms with Crippen LogP contribution in [-0.2, 0) is 4.74 Å². The molecule has 0 bridgehead atoms. The van der Waals surface area contributed by atoms with E-state index in [0.29, 0.717) is 19.1 Å². The molecule has 4 nitrogen and oxygen atoms in total. The predicted molar refractivity (Wildman–Crippen MR) is 98.8 cm³/mol. The number of quaternary nitrogens is 2. The summed E-state index contributed by atoms with van der Waals surface area (Å²) >= 11 is 6.23. The van der Waals surface area contributed by atoms with Crippen molar-refractivity contribution < 1.29 is 19.3 Å². The van der Waals surface area contributed by atoms with Crippen molar-refractivity contribution in [1.82, 2.24) is 0 Å². The lowest BCUT2D eigenvalue weighted by molar-refractivity contribution is -1.00. The van der Waals surface area contributed by atoms with E-state index in [1.165, 1.54) is 26.2 Å². The number of piperazine rings is 1. The minimum Gasteiger partial charge on any atom is -0.491 e. The number of rotatable bonds is 8. The molecule has 0 amide bonds. The van der Waals surface area contributed by atoms with Crippen LogP contribution in [0.1, 0.15) is 30.9 Å². The van der Waals surface area contributed by atoms with Crippen molar-refractivity contribution in [2.24, 2.45) is 0 Å². The number of hydrogen-bond acceptors (Lipinski definition) is 2. The molecule has 1 aliphatic heterocycles. The van der Waals surface area contributed by atoms with Gasteiger partial charge in [-0.2, -0.15) is 0 Å². The normalized spacial score (nSPS) is 21.2. The first-order valence-corrected chi connectivity index (χ1v) is 9.50. The van der Waals surface area contributed by atoms with Gasteiger partial charge in [0.2, 0.25) is 0 Å². The van der Waals surface area contributed by atoms with Gasteiger partial charge in [0.1, 0.15) is 45.1 Å². The monoisotopic (exact) mass is 356 g/mol. The largest absolute Gasteiger partial charge is 0.491 e. The molecule has 136 valence electrons. The van der Waals surface area contributed by atoms with Crippen LogP contribution in [0, 0.1) is 6.92 Å². The Balaban J connectivity index is 1.68.